The molecule has 0 aliphatic carbocycles. The number of benzene rings is 2. The number of primary sulfonamides is 1. The second-order valence-corrected chi connectivity index (χ2v) is 8.49. The van der Waals surface area contributed by atoms with Crippen molar-refractivity contribution in [1.82, 2.24) is 4.90 Å². The Bertz CT molecular complexity index is 939. The summed E-state index contributed by atoms with van der Waals surface area (Å²) < 4.78 is 64.3. The molecule has 0 aromatic heterocycles. The van der Waals surface area contributed by atoms with Crippen molar-refractivity contribution < 1.29 is 21.6 Å². The molecular formula is C19H22F3N3O2S. The summed E-state index contributed by atoms with van der Waals surface area (Å²) in [6.45, 7) is 2.16. The maximum Gasteiger partial charge on any atom is 0.265 e. The monoisotopic (exact) mass is 413 g/mol. The Hall–Kier alpha value is -2.10. The highest BCUT2D eigenvalue weighted by molar-refractivity contribution is 7.89. The minimum Gasteiger partial charge on any atom is -0.370 e. The summed E-state index contributed by atoms with van der Waals surface area (Å²) in [5.74, 6) is -1.13. The van der Waals surface area contributed by atoms with Gasteiger partial charge in [-0.3, -0.25) is 4.90 Å². The van der Waals surface area contributed by atoms with Crippen LogP contribution in [-0.2, 0) is 16.6 Å². The van der Waals surface area contributed by atoms with Crippen LogP contribution >= 0.6 is 0 Å². The standard InChI is InChI=1S/C19H22F3N3O2S/c1-24(14-7-8-25(12-14)11-13-5-3-2-4-6-13)17-10-16(20)18(28(23,26)27)9-15(17)19(21)22/h2-6,9-10,14,19H,7-8,11-12H2,1H3,(H2,23,26,27)/t14-/m0/s1. The van der Waals surface area contributed by atoms with E-state index in [0.717, 1.165) is 31.1 Å². The van der Waals surface area contributed by atoms with Crippen LogP contribution < -0.4 is 10.0 Å². The van der Waals surface area contributed by atoms with Gasteiger partial charge in [0.15, 0.2) is 0 Å². The van der Waals surface area contributed by atoms with E-state index in [1.54, 1.807) is 11.9 Å². The highest BCUT2D eigenvalue weighted by Crippen LogP contribution is 2.35. The number of alkyl halides is 2. The number of sulfonamides is 1. The molecule has 9 heteroatoms. The predicted molar refractivity (Wildman–Crippen MR) is 101 cm³/mol. The molecule has 1 aliphatic rings. The topological polar surface area (TPSA) is 66.6 Å². The van der Waals surface area contributed by atoms with Gasteiger partial charge in [0.2, 0.25) is 10.0 Å². The Kier molecular flexibility index (Phi) is 5.97. The third-order valence-corrected chi connectivity index (χ3v) is 5.97. The molecule has 1 atom stereocenters. The van der Waals surface area contributed by atoms with Gasteiger partial charge in [-0.25, -0.2) is 26.7 Å². The molecule has 1 aliphatic heterocycles. The van der Waals surface area contributed by atoms with Crippen LogP contribution in [0.4, 0.5) is 18.9 Å². The fourth-order valence-electron chi connectivity index (χ4n) is 3.57. The summed E-state index contributed by atoms with van der Waals surface area (Å²) in [7, 11) is -2.81. The van der Waals surface area contributed by atoms with Crippen molar-refractivity contribution in [1.29, 1.82) is 0 Å². The molecule has 152 valence electrons. The van der Waals surface area contributed by atoms with Crippen molar-refractivity contribution in [2.24, 2.45) is 5.14 Å². The molecule has 0 saturated carbocycles. The molecule has 0 bridgehead atoms. The first-order valence-electron chi connectivity index (χ1n) is 8.80. The molecule has 3 rings (SSSR count). The lowest BCUT2D eigenvalue weighted by Crippen LogP contribution is -2.35. The van der Waals surface area contributed by atoms with E-state index in [0.29, 0.717) is 12.6 Å². The lowest BCUT2D eigenvalue weighted by atomic mass is 10.1. The van der Waals surface area contributed by atoms with Gasteiger partial charge in [-0.2, -0.15) is 0 Å². The van der Waals surface area contributed by atoms with Crippen molar-refractivity contribution in [2.45, 2.75) is 30.3 Å². The van der Waals surface area contributed by atoms with Gasteiger partial charge in [0.1, 0.15) is 10.7 Å². The lowest BCUT2D eigenvalue weighted by Gasteiger charge is -2.29. The number of nitrogens with zero attached hydrogens (tertiary/aromatic N) is 2. The number of rotatable bonds is 6. The molecule has 0 spiro atoms. The third kappa shape index (κ3) is 4.48. The van der Waals surface area contributed by atoms with Crippen molar-refractivity contribution >= 4 is 15.7 Å². The molecule has 28 heavy (non-hydrogen) atoms. The average molecular weight is 413 g/mol. The Morgan fingerprint density at radius 2 is 1.93 bits per heavy atom. The zero-order valence-electron chi connectivity index (χ0n) is 15.4. The fourth-order valence-corrected chi connectivity index (χ4v) is 4.19. The number of hydrogen-bond acceptors (Lipinski definition) is 4. The van der Waals surface area contributed by atoms with Crippen LogP contribution in [0.3, 0.4) is 0 Å². The van der Waals surface area contributed by atoms with E-state index < -0.39 is 32.7 Å². The molecular weight excluding hydrogens is 391 g/mol. The first-order chi connectivity index (χ1) is 13.2. The van der Waals surface area contributed by atoms with Crippen molar-refractivity contribution in [3.63, 3.8) is 0 Å². The zero-order chi connectivity index (χ0) is 20.5. The van der Waals surface area contributed by atoms with Gasteiger partial charge < -0.3 is 4.90 Å². The van der Waals surface area contributed by atoms with Gasteiger partial charge in [-0.1, -0.05) is 30.3 Å². The smallest absolute Gasteiger partial charge is 0.265 e. The van der Waals surface area contributed by atoms with Crippen LogP contribution in [0.25, 0.3) is 0 Å². The van der Waals surface area contributed by atoms with E-state index in [-0.39, 0.29) is 11.7 Å². The van der Waals surface area contributed by atoms with E-state index in [4.69, 9.17) is 5.14 Å². The molecule has 1 heterocycles. The van der Waals surface area contributed by atoms with Crippen LogP contribution in [0.15, 0.2) is 47.4 Å². The normalized spacial score (nSPS) is 18.0. The second kappa shape index (κ2) is 8.10. The Labute approximate surface area is 162 Å². The first kappa shape index (κ1) is 20.6. The Morgan fingerprint density at radius 3 is 2.54 bits per heavy atom. The molecule has 0 radical (unpaired) electrons. The maximum absolute atomic E-state index is 14.3. The lowest BCUT2D eigenvalue weighted by molar-refractivity contribution is 0.151. The molecule has 1 saturated heterocycles. The first-order valence-corrected chi connectivity index (χ1v) is 10.3. The molecule has 2 aromatic carbocycles. The number of anilines is 1. The number of halogens is 3. The van der Waals surface area contributed by atoms with Gasteiger partial charge >= 0.3 is 0 Å². The molecule has 2 N–H and O–H groups in total. The predicted octanol–water partition coefficient (Wildman–Crippen LogP) is 3.12. The molecule has 0 unspecified atom stereocenters. The molecule has 0 amide bonds. The van der Waals surface area contributed by atoms with E-state index in [1.807, 2.05) is 30.3 Å². The van der Waals surface area contributed by atoms with Gasteiger partial charge in [-0.15, -0.1) is 0 Å². The summed E-state index contributed by atoms with van der Waals surface area (Å²) in [4.78, 5) is 2.88. The molecule has 5 nitrogen and oxygen atoms in total. The SMILES string of the molecule is CN(c1cc(F)c(S(N)(=O)=O)cc1C(F)F)[C@H]1CCN(Cc2ccccc2)C1. The van der Waals surface area contributed by atoms with Crippen LogP contribution in [0.5, 0.6) is 0 Å². The van der Waals surface area contributed by atoms with Crippen LogP contribution in [-0.4, -0.2) is 39.5 Å². The van der Waals surface area contributed by atoms with Crippen molar-refractivity contribution in [2.75, 3.05) is 25.0 Å². The largest absolute Gasteiger partial charge is 0.370 e. The van der Waals surface area contributed by atoms with Crippen LogP contribution in [0, 0.1) is 5.82 Å². The molecule has 2 aromatic rings. The van der Waals surface area contributed by atoms with Crippen LogP contribution in [0.2, 0.25) is 0 Å². The van der Waals surface area contributed by atoms with Gasteiger partial charge in [0, 0.05) is 44.0 Å². The maximum atomic E-state index is 14.3. The van der Waals surface area contributed by atoms with E-state index in [2.05, 4.69) is 4.90 Å². The van der Waals surface area contributed by atoms with Gasteiger partial charge in [0.25, 0.3) is 6.43 Å². The highest BCUT2D eigenvalue weighted by atomic mass is 32.2. The third-order valence-electron chi connectivity index (χ3n) is 5.05. The molecule has 1 fully saturated rings. The summed E-state index contributed by atoms with van der Waals surface area (Å²) in [6, 6.07) is 11.3. The number of nitrogens with two attached hydrogens (primary N) is 1. The average Bonchev–Trinajstić information content (AvgIpc) is 3.08. The Balaban J connectivity index is 1.82. The highest BCUT2D eigenvalue weighted by Gasteiger charge is 2.30. The van der Waals surface area contributed by atoms with Gasteiger partial charge in [0.05, 0.1) is 0 Å². The second-order valence-electron chi connectivity index (χ2n) is 6.96. The van der Waals surface area contributed by atoms with E-state index >= 15 is 0 Å². The van der Waals surface area contributed by atoms with Crippen LogP contribution in [0.1, 0.15) is 24.0 Å². The van der Waals surface area contributed by atoms with E-state index in [1.165, 1.54) is 0 Å². The van der Waals surface area contributed by atoms with E-state index in [9.17, 15) is 21.6 Å². The van der Waals surface area contributed by atoms with Crippen molar-refractivity contribution in [3.8, 4) is 0 Å². The quantitative estimate of drug-likeness (QED) is 0.790. The summed E-state index contributed by atoms with van der Waals surface area (Å²) >= 11 is 0. The fraction of sp³-hybridized carbons (Fsp3) is 0.368. The van der Waals surface area contributed by atoms with Crippen molar-refractivity contribution in [3.05, 3.63) is 59.4 Å². The summed E-state index contributed by atoms with van der Waals surface area (Å²) in [5.41, 5.74) is 0.587. The number of likely N-dealkylation sites (N-methyl/N-ethyl adjacent to an activating group) is 1. The number of hydrogen-bond donors (Lipinski definition) is 1. The minimum atomic E-state index is -4.43. The number of likely N-dealkylation sites (tertiary alicyclic amines) is 1. The Morgan fingerprint density at radius 1 is 1.25 bits per heavy atom. The summed E-state index contributed by atoms with van der Waals surface area (Å²) in [5, 5.41) is 4.93. The zero-order valence-corrected chi connectivity index (χ0v) is 16.2. The van der Waals surface area contributed by atoms with Gasteiger partial charge in [-0.05, 0) is 24.1 Å². The minimum absolute atomic E-state index is 0.0218. The summed E-state index contributed by atoms with van der Waals surface area (Å²) in [6.07, 6.45) is -2.23.